The van der Waals surface area contributed by atoms with E-state index in [-0.39, 0.29) is 35.6 Å². The van der Waals surface area contributed by atoms with Crippen LogP contribution in [0, 0.1) is 27.8 Å². The van der Waals surface area contributed by atoms with Crippen molar-refractivity contribution >= 4 is 47.4 Å². The molecule has 1 saturated carbocycles. The first-order valence-corrected chi connectivity index (χ1v) is 19.4. The third kappa shape index (κ3) is 21.8. The smallest absolute Gasteiger partial charge is 0.356 e. The van der Waals surface area contributed by atoms with Gasteiger partial charge in [0.15, 0.2) is 17.2 Å². The molecule has 22 nitrogen and oxygen atoms in total. The van der Waals surface area contributed by atoms with E-state index in [1.165, 1.54) is 51.9 Å². The van der Waals surface area contributed by atoms with E-state index in [0.29, 0.717) is 50.1 Å². The predicted molar refractivity (Wildman–Crippen MR) is 227 cm³/mol. The molecule has 0 radical (unpaired) electrons. The number of aliphatic carboxylic acids is 3. The summed E-state index contributed by atoms with van der Waals surface area (Å²) in [6.45, 7) is 2.81. The third-order valence-electron chi connectivity index (χ3n) is 8.88. The summed E-state index contributed by atoms with van der Waals surface area (Å²) in [5, 5.41) is 60.7. The van der Waals surface area contributed by atoms with Gasteiger partial charge in [0.1, 0.15) is 18.0 Å². The first kappa shape index (κ1) is 55.9. The van der Waals surface area contributed by atoms with Crippen LogP contribution in [0.25, 0.3) is 0 Å². The number of nitro groups is 1. The summed E-state index contributed by atoms with van der Waals surface area (Å²) in [5.41, 5.74) is -0.0121. The van der Waals surface area contributed by atoms with Gasteiger partial charge < -0.3 is 49.7 Å². The van der Waals surface area contributed by atoms with Gasteiger partial charge in [-0.1, -0.05) is 36.8 Å². The second-order valence-corrected chi connectivity index (χ2v) is 13.5. The van der Waals surface area contributed by atoms with Crippen molar-refractivity contribution in [1.82, 2.24) is 14.9 Å². The molecule has 0 atom stereocenters. The predicted octanol–water partition coefficient (Wildman–Crippen LogP) is 5.50. The number of methoxy groups -OCH3 is 2. The van der Waals surface area contributed by atoms with Crippen LogP contribution in [0.2, 0.25) is 0 Å². The number of carbonyl (C=O) groups is 7. The Morgan fingerprint density at radius 3 is 1.74 bits per heavy atom. The summed E-state index contributed by atoms with van der Waals surface area (Å²) in [4.78, 5) is 90.6. The van der Waals surface area contributed by atoms with Gasteiger partial charge >= 0.3 is 35.8 Å². The Morgan fingerprint density at radius 2 is 1.35 bits per heavy atom. The number of rotatable bonds is 12. The van der Waals surface area contributed by atoms with E-state index in [0.717, 1.165) is 37.0 Å². The average Bonchev–Trinajstić information content (AvgIpc) is 3.27. The second-order valence-electron chi connectivity index (χ2n) is 13.5. The van der Waals surface area contributed by atoms with E-state index in [1.807, 2.05) is 30.3 Å². The lowest BCUT2D eigenvalue weighted by molar-refractivity contribution is -0.384. The number of aromatic nitrogens is 2. The molecular weight excluding hydrogens is 879 g/mol. The number of amides is 1. The van der Waals surface area contributed by atoms with Crippen LogP contribution < -0.4 is 9.47 Å². The molecule has 1 aliphatic heterocycles. The minimum absolute atomic E-state index is 0.000000000000000444. The number of hydrogen-bond acceptors (Lipinski definition) is 14. The van der Waals surface area contributed by atoms with Gasteiger partial charge in [0, 0.05) is 44.5 Å². The number of nitro benzene ring substituents is 1. The molecule has 2 heterocycles. The van der Waals surface area contributed by atoms with Gasteiger partial charge in [0.25, 0.3) is 5.69 Å². The number of carboxylic acid groups (broad SMARTS) is 6. The molecule has 356 valence electrons. The summed E-state index contributed by atoms with van der Waals surface area (Å²) in [6.07, 6.45) is 8.05. The number of aromatic carboxylic acids is 3. The summed E-state index contributed by atoms with van der Waals surface area (Å²) >= 11 is 0. The zero-order valence-electron chi connectivity index (χ0n) is 35.9. The number of carboxylic acids is 6. The highest BCUT2D eigenvalue weighted by Gasteiger charge is 2.25. The average molecular weight is 929 g/mol. The summed E-state index contributed by atoms with van der Waals surface area (Å²) in [6, 6.07) is 16.2. The molecule has 4 aromatic rings. The van der Waals surface area contributed by atoms with Crippen LogP contribution in [0.5, 0.6) is 11.5 Å². The van der Waals surface area contributed by atoms with Crippen molar-refractivity contribution < 1.29 is 87.7 Å². The van der Waals surface area contributed by atoms with Crippen LogP contribution in [0.3, 0.4) is 0 Å². The van der Waals surface area contributed by atoms with Crippen LogP contribution in [-0.4, -0.2) is 126 Å². The molecule has 1 aliphatic carbocycles. The van der Waals surface area contributed by atoms with E-state index in [1.54, 1.807) is 11.0 Å². The second kappa shape index (κ2) is 30.1. The molecule has 1 saturated heterocycles. The maximum absolute atomic E-state index is 12.7. The molecular formula is C43H49FN4O18. The highest BCUT2D eigenvalue weighted by Crippen LogP contribution is 2.27. The number of carbonyl (C=O) groups excluding carboxylic acids is 1. The minimum Gasteiger partial charge on any atom is -0.493 e. The van der Waals surface area contributed by atoms with E-state index in [2.05, 4.69) is 9.97 Å². The number of halogens is 1. The number of nitrogens with zero attached hydrogens (tertiary/aromatic N) is 4. The molecule has 1 amide bonds. The number of likely N-dealkylation sites (tertiary alicyclic amines) is 1. The summed E-state index contributed by atoms with van der Waals surface area (Å²) < 4.78 is 27.5. The zero-order valence-corrected chi connectivity index (χ0v) is 35.9. The number of non-ortho nitro benzene ring substituents is 1. The van der Waals surface area contributed by atoms with Crippen LogP contribution in [0.1, 0.15) is 75.8 Å². The molecule has 0 unspecified atom stereocenters. The quantitative estimate of drug-likeness (QED) is 0.0754. The number of hydrogen-bond donors (Lipinski definition) is 6. The molecule has 2 fully saturated rings. The largest absolute Gasteiger partial charge is 0.493 e. The molecule has 0 bridgehead atoms. The van der Waals surface area contributed by atoms with Gasteiger partial charge in [-0.2, -0.15) is 0 Å². The first-order chi connectivity index (χ1) is 31.2. The summed E-state index contributed by atoms with van der Waals surface area (Å²) in [5.74, 6) is -6.12. The van der Waals surface area contributed by atoms with E-state index < -0.39 is 57.8 Å². The third-order valence-corrected chi connectivity index (χ3v) is 8.88. The van der Waals surface area contributed by atoms with E-state index in [9.17, 15) is 48.1 Å². The van der Waals surface area contributed by atoms with Gasteiger partial charge in [-0.25, -0.2) is 28.6 Å². The van der Waals surface area contributed by atoms with Gasteiger partial charge in [-0.05, 0) is 55.5 Å². The normalized spacial score (nSPS) is 12.5. The maximum Gasteiger partial charge on any atom is 0.356 e. The highest BCUT2D eigenvalue weighted by atomic mass is 19.1. The van der Waals surface area contributed by atoms with Crippen LogP contribution >= 0.6 is 0 Å². The summed E-state index contributed by atoms with van der Waals surface area (Å²) in [7, 11) is 2.96. The Balaban J connectivity index is 0.000000400. The zero-order chi connectivity index (χ0) is 49.8. The molecule has 6 rings (SSSR count). The van der Waals surface area contributed by atoms with Gasteiger partial charge in [-0.15, -0.1) is 0 Å². The fourth-order valence-electron chi connectivity index (χ4n) is 5.10. The molecule has 66 heavy (non-hydrogen) atoms. The topological polar surface area (TPSA) is 341 Å². The minimum atomic E-state index is -1.53. The number of benzene rings is 3. The van der Waals surface area contributed by atoms with Crippen LogP contribution in [-0.2, 0) is 30.5 Å². The standard InChI is InChI=1S/C9H10O4.C9H10O3.C8H13NO3.C7H4FNO4.C5H4N2O2.C5H8O2/c1-12-7-4-3-6(9(10)11)5-8(7)13-2;10-9(11)7-12-6-8-4-2-1-3-5-8;1-6(10)9-4-2-7(3-5-9)8(11)12;8-6-2-1-4(9(12)13)3-5(6)7(10)11;8-5(9)4-3-6-1-2-7-4;6-5(7)4-2-1-3-4/h3-5H,1-2H3,(H,10,11);1-5H,6-7H2,(H,10,11);7H,2-5H2,1H3,(H,11,12);1-3H,(H,10,11);1-3H,(H,8,9);4H,1-3H2,(H,6,7). The molecule has 1 aromatic heterocycles. The molecule has 2 aliphatic rings. The van der Waals surface area contributed by atoms with Crippen LogP contribution in [0.15, 0.2) is 85.3 Å². The van der Waals surface area contributed by atoms with E-state index in [4.69, 9.17) is 44.8 Å². The van der Waals surface area contributed by atoms with E-state index >= 15 is 0 Å². The lowest BCUT2D eigenvalue weighted by Crippen LogP contribution is -2.38. The van der Waals surface area contributed by atoms with Gasteiger partial charge in [-0.3, -0.25) is 29.5 Å². The Labute approximate surface area is 376 Å². The number of piperidine rings is 1. The van der Waals surface area contributed by atoms with Crippen molar-refractivity contribution in [3.05, 3.63) is 124 Å². The van der Waals surface area contributed by atoms with Crippen molar-refractivity contribution in [3.8, 4) is 11.5 Å². The van der Waals surface area contributed by atoms with Gasteiger partial charge in [0.2, 0.25) is 5.91 Å². The molecule has 3 aromatic carbocycles. The maximum atomic E-state index is 12.7. The van der Waals surface area contributed by atoms with Crippen molar-refractivity contribution in [1.29, 1.82) is 0 Å². The first-order valence-electron chi connectivity index (χ1n) is 19.4. The van der Waals surface area contributed by atoms with Crippen molar-refractivity contribution in [2.45, 2.75) is 45.6 Å². The van der Waals surface area contributed by atoms with Crippen LogP contribution in [0.4, 0.5) is 10.1 Å². The fraction of sp³-hybridized carbons (Fsp3) is 0.326. The lowest BCUT2D eigenvalue weighted by atomic mass is 9.86. The Kier molecular flexibility index (Phi) is 25.5. The van der Waals surface area contributed by atoms with Crippen molar-refractivity contribution in [2.24, 2.45) is 11.8 Å². The Morgan fingerprint density at radius 1 is 0.758 bits per heavy atom. The fourth-order valence-corrected chi connectivity index (χ4v) is 5.10. The van der Waals surface area contributed by atoms with Gasteiger partial charge in [0.05, 0.1) is 49.3 Å². The highest BCUT2D eigenvalue weighted by molar-refractivity contribution is 5.89. The van der Waals surface area contributed by atoms with Crippen molar-refractivity contribution in [2.75, 3.05) is 33.9 Å². The molecule has 6 N–H and O–H groups in total. The van der Waals surface area contributed by atoms with Crippen molar-refractivity contribution in [3.63, 3.8) is 0 Å². The molecule has 0 spiro atoms. The SMILES string of the molecule is CC(=O)N1CCC(C(=O)O)CC1.COc1ccc(C(=O)O)cc1OC.O=C(O)C1CCC1.O=C(O)COCc1ccccc1.O=C(O)c1cc([N+](=O)[O-])ccc1F.O=C(O)c1cnccn1. The lowest BCUT2D eigenvalue weighted by Gasteiger charge is -2.28. The Bertz CT molecular complexity index is 2200. The molecule has 23 heteroatoms. The number of ether oxygens (including phenoxy) is 3. The Hall–Kier alpha value is -8.08. The monoisotopic (exact) mass is 928 g/mol.